The third-order valence-electron chi connectivity index (χ3n) is 6.12. The lowest BCUT2D eigenvalue weighted by Gasteiger charge is -2.42. The monoisotopic (exact) mass is 492 g/mol. The lowest BCUT2D eigenvalue weighted by atomic mass is 9.94. The third kappa shape index (κ3) is 5.40. The van der Waals surface area contributed by atoms with E-state index >= 15 is 0 Å². The summed E-state index contributed by atoms with van der Waals surface area (Å²) in [5, 5.41) is 11.6. The van der Waals surface area contributed by atoms with E-state index in [2.05, 4.69) is 5.32 Å². The van der Waals surface area contributed by atoms with Gasteiger partial charge in [0.05, 0.1) is 29.7 Å². The number of rotatable bonds is 4. The minimum Gasteiger partial charge on any atom is -0.490 e. The molecule has 0 bridgehead atoms. The van der Waals surface area contributed by atoms with Crippen LogP contribution in [0.25, 0.3) is 0 Å². The van der Waals surface area contributed by atoms with Gasteiger partial charge in [-0.05, 0) is 49.2 Å². The summed E-state index contributed by atoms with van der Waals surface area (Å²) in [6, 6.07) is 8.09. The molecule has 2 aromatic rings. The zero-order valence-corrected chi connectivity index (χ0v) is 18.7. The van der Waals surface area contributed by atoms with Crippen molar-refractivity contribution in [3.05, 3.63) is 59.2 Å². The average Bonchev–Trinajstić information content (AvgIpc) is 2.81. The Morgan fingerprint density at radius 1 is 1.17 bits per heavy atom. The predicted octanol–water partition coefficient (Wildman–Crippen LogP) is 3.81. The number of ether oxygens (including phenoxy) is 2. The molecular formula is C24H23F3N2O6. The van der Waals surface area contributed by atoms with Crippen molar-refractivity contribution in [2.24, 2.45) is 0 Å². The van der Waals surface area contributed by atoms with Gasteiger partial charge >= 0.3 is 12.1 Å². The van der Waals surface area contributed by atoms with Gasteiger partial charge in [0.2, 0.25) is 0 Å². The lowest BCUT2D eigenvalue weighted by molar-refractivity contribution is -0.148. The van der Waals surface area contributed by atoms with E-state index in [9.17, 15) is 27.6 Å². The van der Waals surface area contributed by atoms with Crippen LogP contribution in [0.15, 0.2) is 42.5 Å². The molecule has 2 aliphatic heterocycles. The number of alkyl halides is 3. The highest BCUT2D eigenvalue weighted by Gasteiger charge is 2.39. The van der Waals surface area contributed by atoms with E-state index in [1.165, 1.54) is 29.2 Å². The number of anilines is 1. The quantitative estimate of drug-likeness (QED) is 0.673. The number of halogens is 3. The predicted molar refractivity (Wildman–Crippen MR) is 117 cm³/mol. The van der Waals surface area contributed by atoms with Crippen LogP contribution in [0.3, 0.4) is 0 Å². The van der Waals surface area contributed by atoms with Crippen molar-refractivity contribution in [2.45, 2.75) is 43.7 Å². The Labute approximate surface area is 198 Å². The second kappa shape index (κ2) is 9.57. The molecule has 0 aromatic heterocycles. The number of amides is 2. The van der Waals surface area contributed by atoms with Crippen molar-refractivity contribution in [1.29, 1.82) is 0 Å². The van der Waals surface area contributed by atoms with Crippen LogP contribution in [0.1, 0.15) is 45.5 Å². The van der Waals surface area contributed by atoms with Crippen LogP contribution >= 0.6 is 0 Å². The van der Waals surface area contributed by atoms with Crippen LogP contribution in [-0.4, -0.2) is 59.7 Å². The number of nitrogens with zero attached hydrogens (tertiary/aromatic N) is 1. The number of fused-ring (bicyclic) bond motifs is 2. The maximum atomic E-state index is 13.2. The van der Waals surface area contributed by atoms with Gasteiger partial charge in [0.25, 0.3) is 11.8 Å². The number of carbonyl (C=O) groups is 3. The SMILES string of the molecule is CN1C(=O)c2cc(NC(=O)c3cccc(C(F)(F)F)c3)ccc2OC[C@@H]2O[C@H](CC(=O)O)CC[C@H]21. The van der Waals surface area contributed by atoms with Gasteiger partial charge in [-0.2, -0.15) is 13.2 Å². The number of carboxylic acid groups (broad SMARTS) is 1. The van der Waals surface area contributed by atoms with E-state index in [0.717, 1.165) is 18.2 Å². The number of likely N-dealkylation sites (N-methyl/N-ethyl adjacent to an activating group) is 1. The van der Waals surface area contributed by atoms with Crippen LogP contribution in [0.2, 0.25) is 0 Å². The topological polar surface area (TPSA) is 105 Å². The Morgan fingerprint density at radius 3 is 2.66 bits per heavy atom. The zero-order chi connectivity index (χ0) is 25.3. The molecule has 0 aliphatic carbocycles. The Morgan fingerprint density at radius 2 is 1.94 bits per heavy atom. The van der Waals surface area contributed by atoms with Crippen LogP contribution in [0, 0.1) is 0 Å². The summed E-state index contributed by atoms with van der Waals surface area (Å²) in [5.41, 5.74) is -0.719. The largest absolute Gasteiger partial charge is 0.490 e. The summed E-state index contributed by atoms with van der Waals surface area (Å²) in [6.45, 7) is 0.0986. The summed E-state index contributed by atoms with van der Waals surface area (Å²) in [4.78, 5) is 38.3. The second-order valence-electron chi connectivity index (χ2n) is 8.51. The van der Waals surface area contributed by atoms with E-state index in [0.29, 0.717) is 12.8 Å². The van der Waals surface area contributed by atoms with E-state index in [4.69, 9.17) is 14.6 Å². The Balaban J connectivity index is 1.53. The van der Waals surface area contributed by atoms with Crippen molar-refractivity contribution in [1.82, 2.24) is 4.90 Å². The van der Waals surface area contributed by atoms with Crippen molar-refractivity contribution in [2.75, 3.05) is 19.0 Å². The van der Waals surface area contributed by atoms with Crippen molar-refractivity contribution in [3.8, 4) is 5.75 Å². The van der Waals surface area contributed by atoms with E-state index in [-0.39, 0.29) is 47.5 Å². The first-order chi connectivity index (χ1) is 16.5. The number of aliphatic carboxylic acids is 1. The van der Waals surface area contributed by atoms with Gasteiger partial charge in [0, 0.05) is 18.3 Å². The van der Waals surface area contributed by atoms with Crippen LogP contribution in [-0.2, 0) is 15.7 Å². The van der Waals surface area contributed by atoms with Gasteiger partial charge in [0.15, 0.2) is 0 Å². The Bertz CT molecular complexity index is 1150. The van der Waals surface area contributed by atoms with Gasteiger partial charge in [0.1, 0.15) is 18.5 Å². The summed E-state index contributed by atoms with van der Waals surface area (Å²) in [6.07, 6.45) is -4.67. The van der Waals surface area contributed by atoms with E-state index in [1.54, 1.807) is 7.05 Å². The molecule has 186 valence electrons. The molecule has 2 N–H and O–H groups in total. The van der Waals surface area contributed by atoms with Crippen molar-refractivity contribution in [3.63, 3.8) is 0 Å². The van der Waals surface area contributed by atoms with E-state index < -0.39 is 35.8 Å². The first-order valence-corrected chi connectivity index (χ1v) is 10.9. The average molecular weight is 492 g/mol. The van der Waals surface area contributed by atoms with E-state index in [1.807, 2.05) is 0 Å². The molecule has 3 atom stereocenters. The number of hydrogen-bond acceptors (Lipinski definition) is 5. The first-order valence-electron chi connectivity index (χ1n) is 10.9. The molecule has 1 saturated heterocycles. The number of hydrogen-bond donors (Lipinski definition) is 2. The fourth-order valence-corrected chi connectivity index (χ4v) is 4.34. The number of benzene rings is 2. The highest BCUT2D eigenvalue weighted by molar-refractivity contribution is 6.05. The van der Waals surface area contributed by atoms with Crippen molar-refractivity contribution < 1.29 is 42.1 Å². The molecule has 0 saturated carbocycles. The fourth-order valence-electron chi connectivity index (χ4n) is 4.34. The molecular weight excluding hydrogens is 469 g/mol. The minimum atomic E-state index is -4.58. The third-order valence-corrected chi connectivity index (χ3v) is 6.12. The van der Waals surface area contributed by atoms with Gasteiger partial charge in [-0.15, -0.1) is 0 Å². The van der Waals surface area contributed by atoms with Gasteiger partial charge in [-0.25, -0.2) is 0 Å². The highest BCUT2D eigenvalue weighted by atomic mass is 19.4. The highest BCUT2D eigenvalue weighted by Crippen LogP contribution is 2.33. The molecule has 8 nitrogen and oxygen atoms in total. The summed E-state index contributed by atoms with van der Waals surface area (Å²) in [7, 11) is 1.61. The Kier molecular flexibility index (Phi) is 6.70. The molecule has 11 heteroatoms. The molecule has 35 heavy (non-hydrogen) atoms. The molecule has 2 aliphatic rings. The number of carboxylic acids is 1. The first kappa shape index (κ1) is 24.5. The Hall–Kier alpha value is -3.60. The molecule has 2 aromatic carbocycles. The normalized spacial score (nSPS) is 22.2. The van der Waals surface area contributed by atoms with Crippen molar-refractivity contribution >= 4 is 23.5 Å². The number of carbonyl (C=O) groups excluding carboxylic acids is 2. The molecule has 4 rings (SSSR count). The molecule has 0 unspecified atom stereocenters. The molecule has 2 heterocycles. The molecule has 0 spiro atoms. The minimum absolute atomic E-state index is 0.0986. The summed E-state index contributed by atoms with van der Waals surface area (Å²) < 4.78 is 50.6. The summed E-state index contributed by atoms with van der Waals surface area (Å²) >= 11 is 0. The van der Waals surface area contributed by atoms with Crippen LogP contribution < -0.4 is 10.1 Å². The fraction of sp³-hybridized carbons (Fsp3) is 0.375. The number of nitrogens with one attached hydrogen (secondary N) is 1. The molecule has 1 fully saturated rings. The molecule has 2 amide bonds. The smallest absolute Gasteiger partial charge is 0.416 e. The second-order valence-corrected chi connectivity index (χ2v) is 8.51. The van der Waals surface area contributed by atoms with Gasteiger partial charge < -0.3 is 24.8 Å². The van der Waals surface area contributed by atoms with Gasteiger partial charge in [-0.1, -0.05) is 6.07 Å². The van der Waals surface area contributed by atoms with Gasteiger partial charge in [-0.3, -0.25) is 14.4 Å². The van der Waals surface area contributed by atoms with Crippen LogP contribution in [0.5, 0.6) is 5.75 Å². The lowest BCUT2D eigenvalue weighted by Crippen LogP contribution is -2.53. The maximum Gasteiger partial charge on any atom is 0.416 e. The zero-order valence-electron chi connectivity index (χ0n) is 18.7. The van der Waals surface area contributed by atoms with Crippen LogP contribution in [0.4, 0.5) is 18.9 Å². The summed E-state index contributed by atoms with van der Waals surface area (Å²) in [5.74, 6) is -1.85. The molecule has 0 radical (unpaired) electrons. The standard InChI is InChI=1S/C24H23F3N2O6/c1-29-18-7-6-16(11-21(30)31)35-20(18)12-34-19-8-5-15(10-17(19)23(29)33)28-22(32)13-3-2-4-14(9-13)24(25,26)27/h2-5,8-10,16,18,20H,6-7,11-12H2,1H3,(H,28,32)(H,30,31)/t16-,18+,20-/m0/s1. The maximum absolute atomic E-state index is 13.2.